The fourth-order valence-corrected chi connectivity index (χ4v) is 3.42. The van der Waals surface area contributed by atoms with E-state index in [1.54, 1.807) is 0 Å². The van der Waals surface area contributed by atoms with Gasteiger partial charge in [0.25, 0.3) is 0 Å². The van der Waals surface area contributed by atoms with Gasteiger partial charge in [-0.15, -0.1) is 0 Å². The molecule has 0 aliphatic heterocycles. The number of allylic oxidation sites excluding steroid dienone is 2. The molecule has 2 unspecified atom stereocenters. The number of nitrogens with one attached hydrogen (secondary N) is 1. The second-order valence-electron chi connectivity index (χ2n) is 4.56. The molecule has 2 saturated carbocycles. The van der Waals surface area contributed by atoms with Gasteiger partial charge in [-0.2, -0.15) is 0 Å². The highest BCUT2D eigenvalue weighted by atomic mass is 14.7. The van der Waals surface area contributed by atoms with Crippen LogP contribution in [0.4, 0.5) is 0 Å². The Morgan fingerprint density at radius 3 is 2.18 bits per heavy atom. The normalized spacial score (nSPS) is 47.1. The lowest BCUT2D eigenvalue weighted by molar-refractivity contribution is 0.155. The van der Waals surface area contributed by atoms with E-state index in [2.05, 4.69) is 0 Å². The van der Waals surface area contributed by atoms with Crippen molar-refractivity contribution >= 4 is 0 Å². The van der Waals surface area contributed by atoms with Gasteiger partial charge in [0.05, 0.1) is 0 Å². The van der Waals surface area contributed by atoms with Gasteiger partial charge in [0.15, 0.2) is 0 Å². The van der Waals surface area contributed by atoms with E-state index in [9.17, 15) is 0 Å². The summed E-state index contributed by atoms with van der Waals surface area (Å²) in [5, 5.41) is 0. The molecule has 0 spiro atoms. The van der Waals surface area contributed by atoms with E-state index in [4.69, 9.17) is 5.73 Å². The Hall–Kier alpha value is -0.460. The predicted octanol–water partition coefficient (Wildman–Crippen LogP) is 2.36. The van der Waals surface area contributed by atoms with Gasteiger partial charge < -0.3 is 5.73 Å². The largest absolute Gasteiger partial charge is 0.305 e. The zero-order valence-corrected chi connectivity index (χ0v) is 6.77. The van der Waals surface area contributed by atoms with Gasteiger partial charge in [-0.25, -0.2) is 0 Å². The van der Waals surface area contributed by atoms with Crippen LogP contribution in [0.25, 0.3) is 0 Å². The van der Waals surface area contributed by atoms with Crippen molar-refractivity contribution in [3.63, 3.8) is 0 Å². The van der Waals surface area contributed by atoms with Gasteiger partial charge in [0, 0.05) is 11.6 Å². The van der Waals surface area contributed by atoms with Crippen LogP contribution in [0, 0.1) is 17.8 Å². The molecule has 4 aliphatic rings. The molecule has 2 atom stereocenters. The second kappa shape index (κ2) is 1.82. The average Bonchev–Trinajstić information content (AvgIpc) is 1.98. The van der Waals surface area contributed by atoms with Crippen LogP contribution in [-0.2, 0) is 0 Å². The molecule has 0 amide bonds. The first-order valence-corrected chi connectivity index (χ1v) is 4.76. The van der Waals surface area contributed by atoms with E-state index in [0.717, 1.165) is 17.5 Å². The minimum absolute atomic E-state index is 0.691. The average molecular weight is 148 g/mol. The zero-order valence-electron chi connectivity index (χ0n) is 6.77. The predicted molar refractivity (Wildman–Crippen MR) is 43.7 cm³/mol. The van der Waals surface area contributed by atoms with Crippen LogP contribution in [0.3, 0.4) is 0 Å². The summed E-state index contributed by atoms with van der Waals surface area (Å²) in [6.45, 7) is 0. The summed E-state index contributed by atoms with van der Waals surface area (Å²) in [7, 11) is 0. The first-order valence-electron chi connectivity index (χ1n) is 4.76. The van der Waals surface area contributed by atoms with Crippen molar-refractivity contribution in [2.24, 2.45) is 17.8 Å². The van der Waals surface area contributed by atoms with Crippen LogP contribution in [0.5, 0.6) is 0 Å². The van der Waals surface area contributed by atoms with E-state index in [0.29, 0.717) is 5.92 Å². The maximum absolute atomic E-state index is 7.88. The Kier molecular flexibility index (Phi) is 1.01. The summed E-state index contributed by atoms with van der Waals surface area (Å²) in [6, 6.07) is 0. The molecule has 0 aromatic rings. The number of rotatable bonds is 0. The molecule has 11 heavy (non-hydrogen) atoms. The van der Waals surface area contributed by atoms with Crippen LogP contribution < -0.4 is 5.73 Å². The van der Waals surface area contributed by atoms with Gasteiger partial charge >= 0.3 is 0 Å². The van der Waals surface area contributed by atoms with E-state index in [1.807, 2.05) is 0 Å². The molecule has 0 aromatic carbocycles. The van der Waals surface area contributed by atoms with Crippen molar-refractivity contribution in [2.45, 2.75) is 32.1 Å². The maximum atomic E-state index is 7.88. The molecule has 4 rings (SSSR count). The molecule has 1 radical (unpaired) electrons. The summed E-state index contributed by atoms with van der Waals surface area (Å²) in [5.74, 6) is 2.66. The fourth-order valence-electron chi connectivity index (χ4n) is 3.42. The Bertz CT molecular complexity index is 213. The topological polar surface area (TPSA) is 23.8 Å². The molecule has 0 saturated heterocycles. The Morgan fingerprint density at radius 1 is 1.00 bits per heavy atom. The third-order valence-corrected chi connectivity index (χ3v) is 3.76. The van der Waals surface area contributed by atoms with E-state index < -0.39 is 0 Å². The lowest BCUT2D eigenvalue weighted by Crippen LogP contribution is -2.35. The van der Waals surface area contributed by atoms with Crippen molar-refractivity contribution in [1.29, 1.82) is 0 Å². The highest BCUT2D eigenvalue weighted by Gasteiger charge is 2.40. The highest BCUT2D eigenvalue weighted by molar-refractivity contribution is 5.24. The van der Waals surface area contributed by atoms with Crippen LogP contribution >= 0.6 is 0 Å². The minimum atomic E-state index is 0.691. The summed E-state index contributed by atoms with van der Waals surface area (Å²) < 4.78 is 0. The van der Waals surface area contributed by atoms with Crippen molar-refractivity contribution in [2.75, 3.05) is 0 Å². The smallest absolute Gasteiger partial charge is 0.0337 e. The molecule has 4 bridgehead atoms. The molecule has 0 heterocycles. The molecular weight excluding hydrogens is 134 g/mol. The summed E-state index contributed by atoms with van der Waals surface area (Å²) >= 11 is 0. The quantitative estimate of drug-likeness (QED) is 0.503. The molecule has 1 N–H and O–H groups in total. The second-order valence-corrected chi connectivity index (χ2v) is 4.56. The third-order valence-electron chi connectivity index (χ3n) is 3.76. The summed E-state index contributed by atoms with van der Waals surface area (Å²) in [4.78, 5) is 0. The Labute approximate surface area is 67.7 Å². The summed E-state index contributed by atoms with van der Waals surface area (Å²) in [5.41, 5.74) is 10.4. The first kappa shape index (κ1) is 6.10. The van der Waals surface area contributed by atoms with Crippen molar-refractivity contribution in [3.8, 4) is 0 Å². The zero-order chi connectivity index (χ0) is 7.42. The van der Waals surface area contributed by atoms with Crippen LogP contribution in [0.2, 0.25) is 0 Å². The Balaban J connectivity index is 2.07. The fraction of sp³-hybridized carbons (Fsp3) is 0.800. The van der Waals surface area contributed by atoms with Gasteiger partial charge in [0.2, 0.25) is 0 Å². The number of hydrogen-bond acceptors (Lipinski definition) is 0. The van der Waals surface area contributed by atoms with E-state index in [-0.39, 0.29) is 0 Å². The molecule has 1 heteroatoms. The van der Waals surface area contributed by atoms with E-state index in [1.165, 1.54) is 37.7 Å². The van der Waals surface area contributed by atoms with Crippen molar-refractivity contribution in [1.82, 2.24) is 5.73 Å². The van der Waals surface area contributed by atoms with E-state index >= 15 is 0 Å². The van der Waals surface area contributed by atoms with Crippen LogP contribution in [-0.4, -0.2) is 0 Å². The number of hydrogen-bond donors (Lipinski definition) is 0. The molecule has 0 aromatic heterocycles. The van der Waals surface area contributed by atoms with Gasteiger partial charge in [-0.05, 0) is 49.5 Å². The molecule has 2 fully saturated rings. The molecule has 1 nitrogen and oxygen atoms in total. The lowest BCUT2D eigenvalue weighted by atomic mass is 9.60. The lowest BCUT2D eigenvalue weighted by Gasteiger charge is -2.46. The minimum Gasteiger partial charge on any atom is -0.305 e. The van der Waals surface area contributed by atoms with Crippen LogP contribution in [0.1, 0.15) is 32.1 Å². The highest BCUT2D eigenvalue weighted by Crippen LogP contribution is 2.52. The Morgan fingerprint density at radius 2 is 1.64 bits per heavy atom. The standard InChI is InChI=1S/C10H14N/c11-10-8-2-6-1-7(4-8)5-9(10)3-6/h6-8,11H,1-5H2. The monoisotopic (exact) mass is 148 g/mol. The van der Waals surface area contributed by atoms with Gasteiger partial charge in [-0.3, -0.25) is 0 Å². The van der Waals surface area contributed by atoms with Crippen molar-refractivity contribution < 1.29 is 0 Å². The molecule has 4 aliphatic carbocycles. The maximum Gasteiger partial charge on any atom is 0.0337 e. The van der Waals surface area contributed by atoms with Crippen molar-refractivity contribution in [3.05, 3.63) is 11.3 Å². The molecular formula is C10H14N. The van der Waals surface area contributed by atoms with Gasteiger partial charge in [0.1, 0.15) is 0 Å². The first-order chi connectivity index (χ1) is 5.33. The third kappa shape index (κ3) is 0.715. The van der Waals surface area contributed by atoms with Gasteiger partial charge in [-0.1, -0.05) is 0 Å². The van der Waals surface area contributed by atoms with Crippen LogP contribution in [0.15, 0.2) is 11.3 Å². The molecule has 59 valence electrons. The SMILES string of the molecule is [NH]C1=C2CC3CC(C2)CC1C3. The summed E-state index contributed by atoms with van der Waals surface area (Å²) in [6.07, 6.45) is 6.74.